The molecule has 1 amide bonds. The third kappa shape index (κ3) is 1.62. The predicted molar refractivity (Wildman–Crippen MR) is 67.4 cm³/mol. The zero-order valence-corrected chi connectivity index (χ0v) is 9.45. The van der Waals surface area contributed by atoms with Crippen LogP contribution in [0, 0.1) is 0 Å². The largest absolute Gasteiger partial charge is 0.366 e. The molecule has 0 aliphatic carbocycles. The Kier molecular flexibility index (Phi) is 2.30. The fourth-order valence-electron chi connectivity index (χ4n) is 1.88. The van der Waals surface area contributed by atoms with Gasteiger partial charge in [0.15, 0.2) is 0 Å². The summed E-state index contributed by atoms with van der Waals surface area (Å²) in [5, 5.41) is 5.18. The number of hydrogen-bond acceptors (Lipinski definition) is 3. The molecule has 0 aliphatic rings. The van der Waals surface area contributed by atoms with Gasteiger partial charge in [-0.3, -0.25) is 9.78 Å². The molecule has 0 spiro atoms. The Hall–Kier alpha value is -2.69. The monoisotopic (exact) mass is 238 g/mol. The van der Waals surface area contributed by atoms with Crippen molar-refractivity contribution < 1.29 is 4.79 Å². The molecule has 5 nitrogen and oxygen atoms in total. The van der Waals surface area contributed by atoms with Gasteiger partial charge in [-0.05, 0) is 30.3 Å². The van der Waals surface area contributed by atoms with Gasteiger partial charge in [0.1, 0.15) is 0 Å². The smallest absolute Gasteiger partial charge is 0.248 e. The van der Waals surface area contributed by atoms with Crippen LogP contribution in [-0.2, 0) is 0 Å². The van der Waals surface area contributed by atoms with Crippen LogP contribution in [0.4, 0.5) is 0 Å². The molecule has 1 aromatic carbocycles. The van der Waals surface area contributed by atoms with Crippen LogP contribution in [0.1, 0.15) is 10.4 Å². The van der Waals surface area contributed by atoms with E-state index < -0.39 is 5.91 Å². The number of carbonyl (C=O) groups excluding carboxylic acids is 1. The highest BCUT2D eigenvalue weighted by Crippen LogP contribution is 2.19. The molecular weight excluding hydrogens is 228 g/mol. The summed E-state index contributed by atoms with van der Waals surface area (Å²) in [6.45, 7) is 0. The molecule has 2 aromatic heterocycles. The van der Waals surface area contributed by atoms with Crippen LogP contribution >= 0.6 is 0 Å². The van der Waals surface area contributed by atoms with Crippen LogP contribution in [0.25, 0.3) is 16.6 Å². The van der Waals surface area contributed by atoms with Crippen LogP contribution in [0.3, 0.4) is 0 Å². The van der Waals surface area contributed by atoms with Crippen LogP contribution in [0.2, 0.25) is 0 Å². The molecule has 0 bridgehead atoms. The Morgan fingerprint density at radius 1 is 1.17 bits per heavy atom. The van der Waals surface area contributed by atoms with E-state index in [9.17, 15) is 4.79 Å². The van der Waals surface area contributed by atoms with E-state index in [1.54, 1.807) is 35.4 Å². The van der Waals surface area contributed by atoms with Crippen molar-refractivity contribution in [1.29, 1.82) is 0 Å². The molecule has 18 heavy (non-hydrogen) atoms. The molecule has 0 unspecified atom stereocenters. The Bertz CT molecular complexity index is 718. The number of carbonyl (C=O) groups is 1. The van der Waals surface area contributed by atoms with E-state index in [2.05, 4.69) is 10.1 Å². The van der Waals surface area contributed by atoms with Gasteiger partial charge in [0.25, 0.3) is 0 Å². The number of rotatable bonds is 2. The minimum Gasteiger partial charge on any atom is -0.366 e. The normalized spacial score (nSPS) is 10.7. The van der Waals surface area contributed by atoms with Crippen LogP contribution in [-0.4, -0.2) is 20.7 Å². The second kappa shape index (κ2) is 3.96. The quantitative estimate of drug-likeness (QED) is 0.735. The summed E-state index contributed by atoms with van der Waals surface area (Å²) >= 11 is 0. The van der Waals surface area contributed by atoms with Gasteiger partial charge in [-0.15, -0.1) is 0 Å². The number of nitrogens with zero attached hydrogens (tertiary/aromatic N) is 3. The van der Waals surface area contributed by atoms with Gasteiger partial charge in [-0.2, -0.15) is 5.10 Å². The van der Waals surface area contributed by atoms with E-state index in [0.29, 0.717) is 5.56 Å². The summed E-state index contributed by atoms with van der Waals surface area (Å²) in [5.74, 6) is -0.437. The highest BCUT2D eigenvalue weighted by Gasteiger charge is 2.07. The molecular formula is C13H10N4O. The summed E-state index contributed by atoms with van der Waals surface area (Å²) in [4.78, 5) is 15.1. The van der Waals surface area contributed by atoms with Crippen molar-refractivity contribution in [2.45, 2.75) is 0 Å². The minimum atomic E-state index is -0.437. The number of fused-ring (bicyclic) bond motifs is 1. The van der Waals surface area contributed by atoms with Crippen molar-refractivity contribution in [2.75, 3.05) is 0 Å². The van der Waals surface area contributed by atoms with Crippen molar-refractivity contribution in [3.05, 3.63) is 54.5 Å². The lowest BCUT2D eigenvalue weighted by atomic mass is 10.1. The second-order valence-corrected chi connectivity index (χ2v) is 3.90. The summed E-state index contributed by atoms with van der Waals surface area (Å²) in [6, 6.07) is 9.01. The third-order valence-corrected chi connectivity index (χ3v) is 2.76. The van der Waals surface area contributed by atoms with Gasteiger partial charge in [0.05, 0.1) is 17.4 Å². The van der Waals surface area contributed by atoms with E-state index >= 15 is 0 Å². The summed E-state index contributed by atoms with van der Waals surface area (Å²) in [6.07, 6.45) is 5.13. The SMILES string of the molecule is NC(=O)c1ccc2c(cnn2-c2ccncc2)c1. The number of aromatic nitrogens is 3. The minimum absolute atomic E-state index is 0.437. The first-order valence-corrected chi connectivity index (χ1v) is 5.44. The van der Waals surface area contributed by atoms with Gasteiger partial charge in [-0.25, -0.2) is 4.68 Å². The average Bonchev–Trinajstić information content (AvgIpc) is 2.82. The van der Waals surface area contributed by atoms with Gasteiger partial charge in [0.2, 0.25) is 5.91 Å². The van der Waals surface area contributed by atoms with Crippen molar-refractivity contribution in [3.63, 3.8) is 0 Å². The zero-order chi connectivity index (χ0) is 12.5. The number of nitrogens with two attached hydrogens (primary N) is 1. The maximum atomic E-state index is 11.1. The summed E-state index contributed by atoms with van der Waals surface area (Å²) in [7, 11) is 0. The first-order valence-electron chi connectivity index (χ1n) is 5.44. The highest BCUT2D eigenvalue weighted by molar-refractivity contribution is 5.97. The Balaban J connectivity index is 2.19. The maximum absolute atomic E-state index is 11.1. The fourth-order valence-corrected chi connectivity index (χ4v) is 1.88. The lowest BCUT2D eigenvalue weighted by Gasteiger charge is -2.02. The van der Waals surface area contributed by atoms with Crippen LogP contribution in [0.15, 0.2) is 48.9 Å². The molecule has 2 heterocycles. The van der Waals surface area contributed by atoms with Crippen molar-refractivity contribution in [3.8, 4) is 5.69 Å². The Labute approximate surface area is 103 Å². The summed E-state index contributed by atoms with van der Waals surface area (Å²) < 4.78 is 1.79. The predicted octanol–water partition coefficient (Wildman–Crippen LogP) is 1.52. The first-order chi connectivity index (χ1) is 8.75. The van der Waals surface area contributed by atoms with Crippen LogP contribution < -0.4 is 5.73 Å². The molecule has 0 atom stereocenters. The van der Waals surface area contributed by atoms with Crippen molar-refractivity contribution in [2.24, 2.45) is 5.73 Å². The lowest BCUT2D eigenvalue weighted by molar-refractivity contribution is 0.100. The topological polar surface area (TPSA) is 73.8 Å². The molecule has 0 aliphatic heterocycles. The standard InChI is InChI=1S/C13H10N4O/c14-13(18)9-1-2-12-10(7-9)8-16-17(12)11-3-5-15-6-4-11/h1-8H,(H2,14,18). The number of primary amides is 1. The van der Waals surface area contributed by atoms with Crippen molar-refractivity contribution in [1.82, 2.24) is 14.8 Å². The first kappa shape index (κ1) is 10.5. The fraction of sp³-hybridized carbons (Fsp3) is 0. The molecule has 88 valence electrons. The van der Waals surface area contributed by atoms with Crippen LogP contribution in [0.5, 0.6) is 0 Å². The van der Waals surface area contributed by atoms with Gasteiger partial charge in [0, 0.05) is 23.3 Å². The molecule has 2 N–H and O–H groups in total. The van der Waals surface area contributed by atoms with E-state index in [4.69, 9.17) is 5.73 Å². The van der Waals surface area contributed by atoms with Gasteiger partial charge >= 0.3 is 0 Å². The lowest BCUT2D eigenvalue weighted by Crippen LogP contribution is -2.10. The van der Waals surface area contributed by atoms with E-state index in [0.717, 1.165) is 16.6 Å². The molecule has 3 rings (SSSR count). The van der Waals surface area contributed by atoms with E-state index in [-0.39, 0.29) is 0 Å². The summed E-state index contributed by atoms with van der Waals surface area (Å²) in [5.41, 5.74) is 7.58. The molecule has 0 radical (unpaired) electrons. The Morgan fingerprint density at radius 2 is 1.94 bits per heavy atom. The molecule has 5 heteroatoms. The average molecular weight is 238 g/mol. The zero-order valence-electron chi connectivity index (χ0n) is 9.45. The maximum Gasteiger partial charge on any atom is 0.248 e. The third-order valence-electron chi connectivity index (χ3n) is 2.76. The van der Waals surface area contributed by atoms with Gasteiger partial charge < -0.3 is 5.73 Å². The number of pyridine rings is 1. The van der Waals surface area contributed by atoms with Crippen molar-refractivity contribution >= 4 is 16.8 Å². The van der Waals surface area contributed by atoms with Gasteiger partial charge in [-0.1, -0.05) is 0 Å². The molecule has 0 saturated heterocycles. The molecule has 0 fully saturated rings. The number of benzene rings is 1. The second-order valence-electron chi connectivity index (χ2n) is 3.90. The Morgan fingerprint density at radius 3 is 2.67 bits per heavy atom. The highest BCUT2D eigenvalue weighted by atomic mass is 16.1. The van der Waals surface area contributed by atoms with E-state index in [1.807, 2.05) is 18.2 Å². The number of hydrogen-bond donors (Lipinski definition) is 1. The molecule has 3 aromatic rings. The van der Waals surface area contributed by atoms with E-state index in [1.165, 1.54) is 0 Å². The molecule has 0 saturated carbocycles. The number of amides is 1.